The second kappa shape index (κ2) is 12.9. The van der Waals surface area contributed by atoms with Crippen LogP contribution < -0.4 is 26.0 Å². The number of hydrogen-bond donors (Lipinski definition) is 4. The van der Waals surface area contributed by atoms with E-state index in [1.165, 1.54) is 11.1 Å². The van der Waals surface area contributed by atoms with Crippen molar-refractivity contribution in [1.29, 1.82) is 0 Å². The van der Waals surface area contributed by atoms with Crippen molar-refractivity contribution in [2.75, 3.05) is 21.3 Å². The molecule has 0 unspecified atom stereocenters. The van der Waals surface area contributed by atoms with Gasteiger partial charge in [0.25, 0.3) is 0 Å². The summed E-state index contributed by atoms with van der Waals surface area (Å²) in [4.78, 5) is 0. The van der Waals surface area contributed by atoms with E-state index in [1.54, 1.807) is 0 Å². The maximum atomic E-state index is 6.10. The molecule has 0 aromatic heterocycles. The number of ether oxygens (including phenoxy) is 1. The van der Waals surface area contributed by atoms with Crippen molar-refractivity contribution in [3.63, 3.8) is 0 Å². The van der Waals surface area contributed by atoms with Crippen molar-refractivity contribution in [2.24, 2.45) is 0 Å². The van der Waals surface area contributed by atoms with Crippen molar-refractivity contribution < 1.29 is 4.74 Å². The summed E-state index contributed by atoms with van der Waals surface area (Å²) in [5.41, 5.74) is 10.7. The van der Waals surface area contributed by atoms with E-state index in [-0.39, 0.29) is 0 Å². The molecule has 0 aliphatic rings. The van der Waals surface area contributed by atoms with E-state index < -0.39 is 0 Å². The van der Waals surface area contributed by atoms with Crippen LogP contribution in [0.25, 0.3) is 0 Å². The molecular formula is C38H34N4O. The van der Waals surface area contributed by atoms with Gasteiger partial charge in [-0.25, -0.2) is 0 Å². The number of para-hydroxylation sites is 2. The minimum atomic E-state index is 0.780. The second-order valence-corrected chi connectivity index (χ2v) is 10.4. The smallest absolute Gasteiger partial charge is 0.127 e. The third-order valence-corrected chi connectivity index (χ3v) is 7.08. The predicted molar refractivity (Wildman–Crippen MR) is 181 cm³/mol. The van der Waals surface area contributed by atoms with Crippen LogP contribution in [0.15, 0.2) is 146 Å². The normalized spacial score (nSPS) is 10.6. The Balaban J connectivity index is 1.02. The number of aryl methyl sites for hydroxylation is 2. The first-order valence-electron chi connectivity index (χ1n) is 14.3. The summed E-state index contributed by atoms with van der Waals surface area (Å²) in [5, 5.41) is 13.9. The molecule has 4 N–H and O–H groups in total. The Kier molecular flexibility index (Phi) is 8.23. The summed E-state index contributed by atoms with van der Waals surface area (Å²) in [5.74, 6) is 1.56. The first-order valence-corrected chi connectivity index (χ1v) is 14.3. The molecule has 0 spiro atoms. The number of nitrogens with one attached hydrogen (secondary N) is 4. The summed E-state index contributed by atoms with van der Waals surface area (Å²) in [6, 6.07) is 49.0. The van der Waals surface area contributed by atoms with Crippen LogP contribution in [0.3, 0.4) is 0 Å². The van der Waals surface area contributed by atoms with E-state index in [0.717, 1.165) is 57.0 Å². The average molecular weight is 563 g/mol. The van der Waals surface area contributed by atoms with Gasteiger partial charge in [-0.05, 0) is 134 Å². The van der Waals surface area contributed by atoms with Crippen molar-refractivity contribution in [3.8, 4) is 11.5 Å². The predicted octanol–water partition coefficient (Wildman–Crippen LogP) is 11.1. The summed E-state index contributed by atoms with van der Waals surface area (Å²) < 4.78 is 6.10. The second-order valence-electron chi connectivity index (χ2n) is 10.4. The van der Waals surface area contributed by atoms with Crippen molar-refractivity contribution in [1.82, 2.24) is 0 Å². The molecule has 0 saturated carbocycles. The lowest BCUT2D eigenvalue weighted by atomic mass is 10.1. The quantitative estimate of drug-likeness (QED) is 0.134. The zero-order valence-corrected chi connectivity index (χ0v) is 24.3. The first-order chi connectivity index (χ1) is 21.1. The molecule has 5 nitrogen and oxygen atoms in total. The highest BCUT2D eigenvalue weighted by atomic mass is 16.5. The van der Waals surface area contributed by atoms with Crippen LogP contribution in [0.2, 0.25) is 0 Å². The van der Waals surface area contributed by atoms with E-state index >= 15 is 0 Å². The lowest BCUT2D eigenvalue weighted by Crippen LogP contribution is -1.96. The standard InChI is InChI=1S/C38H34N4O/c1-27-25-33(17-23-37(27)41-29-9-5-3-6-10-29)39-31-13-19-35(20-14-31)43-36-21-15-32(16-22-36)40-34-18-24-38(28(2)26-34)42-30-11-7-4-8-12-30/h3-26,39-42H,1-2H3. The van der Waals surface area contributed by atoms with Gasteiger partial charge in [-0.1, -0.05) is 36.4 Å². The molecule has 0 bridgehead atoms. The SMILES string of the molecule is Cc1cc(Nc2ccc(Oc3ccc(Nc4ccc(Nc5ccccc5)c(C)c4)cc3)cc2)ccc1Nc1ccccc1. The largest absolute Gasteiger partial charge is 0.457 e. The monoisotopic (exact) mass is 562 g/mol. The Hall–Kier alpha value is -5.68. The number of anilines is 8. The van der Waals surface area contributed by atoms with Gasteiger partial charge in [-0.3, -0.25) is 0 Å². The zero-order chi connectivity index (χ0) is 29.4. The molecular weight excluding hydrogens is 528 g/mol. The topological polar surface area (TPSA) is 57.4 Å². The molecule has 0 fully saturated rings. The summed E-state index contributed by atoms with van der Waals surface area (Å²) in [6.07, 6.45) is 0. The van der Waals surface area contributed by atoms with Crippen molar-refractivity contribution in [3.05, 3.63) is 157 Å². The van der Waals surface area contributed by atoms with Crippen LogP contribution in [0.5, 0.6) is 11.5 Å². The Morgan fingerprint density at radius 1 is 0.349 bits per heavy atom. The molecule has 0 atom stereocenters. The summed E-state index contributed by atoms with van der Waals surface area (Å²) in [6.45, 7) is 4.21. The van der Waals surface area contributed by atoms with Gasteiger partial charge in [-0.15, -0.1) is 0 Å². The highest BCUT2D eigenvalue weighted by Gasteiger charge is 2.05. The van der Waals surface area contributed by atoms with E-state index in [4.69, 9.17) is 4.74 Å². The van der Waals surface area contributed by atoms with Gasteiger partial charge in [0.1, 0.15) is 11.5 Å². The van der Waals surface area contributed by atoms with Crippen molar-refractivity contribution >= 4 is 45.5 Å². The van der Waals surface area contributed by atoms with Gasteiger partial charge >= 0.3 is 0 Å². The lowest BCUT2D eigenvalue weighted by molar-refractivity contribution is 0.483. The van der Waals surface area contributed by atoms with Crippen LogP contribution in [-0.2, 0) is 0 Å². The van der Waals surface area contributed by atoms with Gasteiger partial charge in [0.05, 0.1) is 0 Å². The fourth-order valence-corrected chi connectivity index (χ4v) is 4.80. The molecule has 0 aliphatic carbocycles. The number of rotatable bonds is 10. The molecule has 6 aromatic carbocycles. The summed E-state index contributed by atoms with van der Waals surface area (Å²) >= 11 is 0. The van der Waals surface area contributed by atoms with E-state index in [0.29, 0.717) is 0 Å². The van der Waals surface area contributed by atoms with Crippen LogP contribution in [-0.4, -0.2) is 0 Å². The Morgan fingerprint density at radius 3 is 1.07 bits per heavy atom. The fourth-order valence-electron chi connectivity index (χ4n) is 4.80. The molecule has 0 aliphatic heterocycles. The van der Waals surface area contributed by atoms with Crippen LogP contribution in [0, 0.1) is 13.8 Å². The van der Waals surface area contributed by atoms with Gasteiger partial charge in [-0.2, -0.15) is 0 Å². The lowest BCUT2D eigenvalue weighted by Gasteiger charge is -2.14. The molecule has 0 amide bonds. The van der Waals surface area contributed by atoms with E-state index in [2.05, 4.69) is 95.8 Å². The molecule has 0 heterocycles. The molecule has 0 saturated heterocycles. The summed E-state index contributed by atoms with van der Waals surface area (Å²) in [7, 11) is 0. The third kappa shape index (κ3) is 7.34. The van der Waals surface area contributed by atoms with Gasteiger partial charge in [0, 0.05) is 45.5 Å². The molecule has 5 heteroatoms. The molecule has 212 valence electrons. The Morgan fingerprint density at radius 2 is 0.698 bits per heavy atom. The first kappa shape index (κ1) is 27.5. The Labute approximate surface area is 253 Å². The van der Waals surface area contributed by atoms with Crippen molar-refractivity contribution in [2.45, 2.75) is 13.8 Å². The van der Waals surface area contributed by atoms with Gasteiger partial charge in [0.2, 0.25) is 0 Å². The highest BCUT2D eigenvalue weighted by Crippen LogP contribution is 2.30. The molecule has 0 radical (unpaired) electrons. The number of hydrogen-bond acceptors (Lipinski definition) is 5. The zero-order valence-electron chi connectivity index (χ0n) is 24.3. The maximum absolute atomic E-state index is 6.10. The maximum Gasteiger partial charge on any atom is 0.127 e. The fraction of sp³-hybridized carbons (Fsp3) is 0.0526. The van der Waals surface area contributed by atoms with Crippen LogP contribution in [0.4, 0.5) is 45.5 Å². The van der Waals surface area contributed by atoms with Gasteiger partial charge in [0.15, 0.2) is 0 Å². The third-order valence-electron chi connectivity index (χ3n) is 7.08. The molecule has 6 rings (SSSR count). The van der Waals surface area contributed by atoms with Crippen LogP contribution in [0.1, 0.15) is 11.1 Å². The minimum Gasteiger partial charge on any atom is -0.457 e. The highest BCUT2D eigenvalue weighted by molar-refractivity contribution is 5.71. The number of benzene rings is 6. The molecule has 43 heavy (non-hydrogen) atoms. The van der Waals surface area contributed by atoms with Gasteiger partial charge < -0.3 is 26.0 Å². The van der Waals surface area contributed by atoms with E-state index in [9.17, 15) is 0 Å². The van der Waals surface area contributed by atoms with E-state index in [1.807, 2.05) is 84.9 Å². The minimum absolute atomic E-state index is 0.780. The molecule has 6 aromatic rings. The average Bonchev–Trinajstić information content (AvgIpc) is 3.03. The van der Waals surface area contributed by atoms with Crippen LogP contribution >= 0.6 is 0 Å². The Bertz CT molecular complexity index is 1650.